The summed E-state index contributed by atoms with van der Waals surface area (Å²) in [6, 6.07) is 10.0. The number of carbonyl (C=O) groups excluding carboxylic acids is 1. The number of nitrogens with two attached hydrogens (primary N) is 1. The lowest BCUT2D eigenvalue weighted by atomic mass is 10.1. The fourth-order valence-electron chi connectivity index (χ4n) is 1.51. The molecule has 0 atom stereocenters. The van der Waals surface area contributed by atoms with Gasteiger partial charge in [0.1, 0.15) is 6.33 Å². The summed E-state index contributed by atoms with van der Waals surface area (Å²) in [5.41, 5.74) is 1.21. The van der Waals surface area contributed by atoms with Crippen molar-refractivity contribution in [2.24, 2.45) is 0 Å². The van der Waals surface area contributed by atoms with E-state index in [1.807, 2.05) is 30.3 Å². The lowest BCUT2D eigenvalue weighted by Gasteiger charge is -2.04. The highest BCUT2D eigenvalue weighted by molar-refractivity contribution is 7.99. The molecule has 3 N–H and O–H groups in total. The predicted molar refractivity (Wildman–Crippen MR) is 74.1 cm³/mol. The monoisotopic (exact) mass is 277 g/mol. The molecule has 0 bridgehead atoms. The molecule has 2 rings (SSSR count). The maximum absolute atomic E-state index is 11.6. The molecule has 100 valence electrons. The minimum Gasteiger partial charge on any atom is -0.355 e. The van der Waals surface area contributed by atoms with Crippen molar-refractivity contribution in [2.75, 3.05) is 18.1 Å². The van der Waals surface area contributed by atoms with Gasteiger partial charge in [-0.3, -0.25) is 4.79 Å². The van der Waals surface area contributed by atoms with E-state index in [-0.39, 0.29) is 11.7 Å². The van der Waals surface area contributed by atoms with Crippen LogP contribution in [0.2, 0.25) is 0 Å². The summed E-state index contributed by atoms with van der Waals surface area (Å²) < 4.78 is 1.29. The Morgan fingerprint density at radius 2 is 2.16 bits per heavy atom. The molecule has 0 radical (unpaired) electrons. The van der Waals surface area contributed by atoms with E-state index < -0.39 is 0 Å². The fourth-order valence-corrected chi connectivity index (χ4v) is 2.17. The van der Waals surface area contributed by atoms with Gasteiger partial charge in [-0.2, -0.15) is 0 Å². The van der Waals surface area contributed by atoms with Gasteiger partial charge < -0.3 is 11.2 Å². The van der Waals surface area contributed by atoms with Gasteiger partial charge in [-0.15, -0.1) is 10.2 Å². The van der Waals surface area contributed by atoms with Crippen molar-refractivity contribution in [1.82, 2.24) is 20.2 Å². The van der Waals surface area contributed by atoms with Gasteiger partial charge in [0.2, 0.25) is 11.1 Å². The number of amides is 1. The van der Waals surface area contributed by atoms with Gasteiger partial charge in [0, 0.05) is 6.54 Å². The van der Waals surface area contributed by atoms with Gasteiger partial charge in [-0.05, 0) is 12.0 Å². The van der Waals surface area contributed by atoms with Crippen LogP contribution in [0.15, 0.2) is 41.8 Å². The van der Waals surface area contributed by atoms with Crippen LogP contribution in [0.3, 0.4) is 0 Å². The molecule has 7 heteroatoms. The summed E-state index contributed by atoms with van der Waals surface area (Å²) in [4.78, 5) is 11.6. The van der Waals surface area contributed by atoms with Crippen LogP contribution in [0, 0.1) is 0 Å². The molecule has 0 fully saturated rings. The Balaban J connectivity index is 1.66. The average Bonchev–Trinajstić information content (AvgIpc) is 2.83. The lowest BCUT2D eigenvalue weighted by molar-refractivity contribution is -0.118. The van der Waals surface area contributed by atoms with Crippen LogP contribution in [-0.4, -0.2) is 33.1 Å². The largest absolute Gasteiger partial charge is 0.355 e. The molecule has 2 aromatic rings. The quantitative estimate of drug-likeness (QED) is 0.591. The van der Waals surface area contributed by atoms with Gasteiger partial charge in [-0.25, -0.2) is 4.68 Å². The van der Waals surface area contributed by atoms with Crippen molar-refractivity contribution in [1.29, 1.82) is 0 Å². The second kappa shape index (κ2) is 6.79. The first-order chi connectivity index (χ1) is 9.25. The van der Waals surface area contributed by atoms with Crippen LogP contribution in [0.1, 0.15) is 5.56 Å². The molecule has 0 aliphatic carbocycles. The Bertz CT molecular complexity index is 528. The first-order valence-electron chi connectivity index (χ1n) is 5.84. The molecule has 6 nitrogen and oxygen atoms in total. The fraction of sp³-hybridized carbons (Fsp3) is 0.250. The van der Waals surface area contributed by atoms with Gasteiger partial charge in [-0.1, -0.05) is 42.1 Å². The molecule has 0 aliphatic heterocycles. The SMILES string of the molecule is Nn1cnnc1SCC(=O)NCCc1ccccc1. The molecule has 0 aliphatic rings. The number of hydrogen-bond donors (Lipinski definition) is 2. The Labute approximate surface area is 115 Å². The van der Waals surface area contributed by atoms with E-state index in [9.17, 15) is 4.79 Å². The van der Waals surface area contributed by atoms with Gasteiger partial charge in [0.05, 0.1) is 5.75 Å². The van der Waals surface area contributed by atoms with Crippen LogP contribution in [-0.2, 0) is 11.2 Å². The maximum Gasteiger partial charge on any atom is 0.230 e. The third-order valence-electron chi connectivity index (χ3n) is 2.45. The third kappa shape index (κ3) is 4.29. The Hall–Kier alpha value is -2.02. The molecular weight excluding hydrogens is 262 g/mol. The Morgan fingerprint density at radius 3 is 2.84 bits per heavy atom. The van der Waals surface area contributed by atoms with Gasteiger partial charge in [0.15, 0.2) is 0 Å². The lowest BCUT2D eigenvalue weighted by Crippen LogP contribution is -2.27. The summed E-state index contributed by atoms with van der Waals surface area (Å²) in [6.45, 7) is 0.624. The number of aromatic nitrogens is 3. The number of thioether (sulfide) groups is 1. The van der Waals surface area contributed by atoms with Crippen LogP contribution in [0.4, 0.5) is 0 Å². The van der Waals surface area contributed by atoms with Gasteiger partial charge in [0.25, 0.3) is 0 Å². The minimum atomic E-state index is -0.0380. The molecule has 19 heavy (non-hydrogen) atoms. The van der Waals surface area contributed by atoms with E-state index in [0.29, 0.717) is 11.7 Å². The van der Waals surface area contributed by atoms with Crippen LogP contribution < -0.4 is 11.2 Å². The maximum atomic E-state index is 11.6. The molecule has 0 saturated heterocycles. The molecule has 1 heterocycles. The number of carbonyl (C=O) groups is 1. The summed E-state index contributed by atoms with van der Waals surface area (Å²) in [5, 5.41) is 10.8. The summed E-state index contributed by atoms with van der Waals surface area (Å²) in [6.07, 6.45) is 2.22. The minimum absolute atomic E-state index is 0.0380. The normalized spacial score (nSPS) is 10.3. The smallest absolute Gasteiger partial charge is 0.230 e. The highest BCUT2D eigenvalue weighted by Gasteiger charge is 2.06. The van der Waals surface area contributed by atoms with Crippen molar-refractivity contribution >= 4 is 17.7 Å². The number of nitrogens with one attached hydrogen (secondary N) is 1. The number of nitrogens with zero attached hydrogens (tertiary/aromatic N) is 3. The van der Waals surface area contributed by atoms with E-state index in [1.165, 1.54) is 28.3 Å². The van der Waals surface area contributed by atoms with Crippen molar-refractivity contribution in [3.05, 3.63) is 42.2 Å². The number of hydrogen-bond acceptors (Lipinski definition) is 5. The second-order valence-corrected chi connectivity index (χ2v) is 4.84. The molecular formula is C12H15N5OS. The summed E-state index contributed by atoms with van der Waals surface area (Å²) >= 11 is 1.26. The van der Waals surface area contributed by atoms with Crippen LogP contribution in [0.5, 0.6) is 0 Å². The molecule has 1 amide bonds. The Morgan fingerprint density at radius 1 is 1.37 bits per heavy atom. The van der Waals surface area contributed by atoms with Gasteiger partial charge >= 0.3 is 0 Å². The summed E-state index contributed by atoms with van der Waals surface area (Å²) in [7, 11) is 0. The van der Waals surface area contributed by atoms with Crippen LogP contribution in [0.25, 0.3) is 0 Å². The first-order valence-corrected chi connectivity index (χ1v) is 6.83. The number of rotatable bonds is 6. The number of benzene rings is 1. The zero-order valence-corrected chi connectivity index (χ0v) is 11.1. The average molecular weight is 277 g/mol. The molecule has 1 aromatic carbocycles. The summed E-state index contributed by atoms with van der Waals surface area (Å²) in [5.74, 6) is 5.79. The van der Waals surface area contributed by atoms with Crippen molar-refractivity contribution < 1.29 is 4.79 Å². The van der Waals surface area contributed by atoms with Crippen molar-refractivity contribution in [3.63, 3.8) is 0 Å². The predicted octanol–water partition coefficient (Wildman–Crippen LogP) is 0.443. The molecule has 0 saturated carbocycles. The van der Waals surface area contributed by atoms with Crippen molar-refractivity contribution in [3.8, 4) is 0 Å². The highest BCUT2D eigenvalue weighted by Crippen LogP contribution is 2.11. The first kappa shape index (κ1) is 13.4. The standard InChI is InChI=1S/C12H15N5OS/c13-17-9-15-16-12(17)19-8-11(18)14-7-6-10-4-2-1-3-5-10/h1-5,9H,6-8,13H2,(H,14,18). The zero-order chi connectivity index (χ0) is 13.5. The van der Waals surface area contributed by atoms with Crippen LogP contribution >= 0.6 is 11.8 Å². The van der Waals surface area contributed by atoms with E-state index in [2.05, 4.69) is 15.5 Å². The van der Waals surface area contributed by atoms with Crippen molar-refractivity contribution in [2.45, 2.75) is 11.6 Å². The molecule has 0 unspecified atom stereocenters. The van der Waals surface area contributed by atoms with E-state index in [1.54, 1.807) is 0 Å². The zero-order valence-electron chi connectivity index (χ0n) is 10.3. The molecule has 1 aromatic heterocycles. The van der Waals surface area contributed by atoms with E-state index in [4.69, 9.17) is 5.84 Å². The topological polar surface area (TPSA) is 85.8 Å². The number of nitrogen functional groups attached to an aromatic ring is 1. The van der Waals surface area contributed by atoms with E-state index >= 15 is 0 Å². The molecule has 0 spiro atoms. The second-order valence-electron chi connectivity index (χ2n) is 3.90. The third-order valence-corrected chi connectivity index (χ3v) is 3.41. The van der Waals surface area contributed by atoms with E-state index in [0.717, 1.165) is 6.42 Å². The highest BCUT2D eigenvalue weighted by atomic mass is 32.2. The Kier molecular flexibility index (Phi) is 4.79.